The van der Waals surface area contributed by atoms with Crippen LogP contribution in [0.4, 0.5) is 26.3 Å². The predicted molar refractivity (Wildman–Crippen MR) is 53.2 cm³/mol. The molecule has 2 unspecified atom stereocenters. The van der Waals surface area contributed by atoms with Crippen LogP contribution in [0.25, 0.3) is 0 Å². The Morgan fingerprint density at radius 1 is 1.21 bits per heavy atom. The summed E-state index contributed by atoms with van der Waals surface area (Å²) in [6.45, 7) is -0.504. The van der Waals surface area contributed by atoms with Crippen molar-refractivity contribution in [2.75, 3.05) is 6.61 Å². The summed E-state index contributed by atoms with van der Waals surface area (Å²) in [7, 11) is 0. The Morgan fingerprint density at radius 2 is 1.74 bits per heavy atom. The molecular formula is C10H15F6NO2. The number of alkyl halides is 6. The molecule has 1 saturated carbocycles. The van der Waals surface area contributed by atoms with Crippen LogP contribution in [0.5, 0.6) is 0 Å². The summed E-state index contributed by atoms with van der Waals surface area (Å²) < 4.78 is 78.1. The van der Waals surface area contributed by atoms with Gasteiger partial charge in [0.2, 0.25) is 6.10 Å². The van der Waals surface area contributed by atoms with Gasteiger partial charge in [-0.1, -0.05) is 0 Å². The Balaban J connectivity index is 2.75. The molecule has 0 aromatic heterocycles. The van der Waals surface area contributed by atoms with E-state index in [0.717, 1.165) is 0 Å². The van der Waals surface area contributed by atoms with Crippen molar-refractivity contribution in [2.45, 2.75) is 55.8 Å². The van der Waals surface area contributed by atoms with Gasteiger partial charge in [0.05, 0.1) is 12.7 Å². The van der Waals surface area contributed by atoms with Crippen molar-refractivity contribution in [3.05, 3.63) is 0 Å². The van der Waals surface area contributed by atoms with Crippen LogP contribution in [0.2, 0.25) is 0 Å². The minimum absolute atomic E-state index is 0.0572. The second-order valence-electron chi connectivity index (χ2n) is 4.84. The third-order valence-electron chi connectivity index (χ3n) is 3.07. The van der Waals surface area contributed by atoms with E-state index < -0.39 is 36.7 Å². The second kappa shape index (κ2) is 5.45. The van der Waals surface area contributed by atoms with Gasteiger partial charge < -0.3 is 15.6 Å². The van der Waals surface area contributed by atoms with E-state index in [9.17, 15) is 26.3 Å². The van der Waals surface area contributed by atoms with Gasteiger partial charge >= 0.3 is 12.4 Å². The van der Waals surface area contributed by atoms with E-state index in [1.165, 1.54) is 0 Å². The Bertz CT molecular complexity index is 291. The molecule has 1 aliphatic carbocycles. The maximum absolute atomic E-state index is 12.3. The standard InChI is InChI=1S/C10H15F6NO2/c11-9(12,13)7(10(14,15)16)19-6-2-1-3-8(17,4-6)5-18/h6-7,18H,1-5,17H2. The molecule has 0 aliphatic heterocycles. The Morgan fingerprint density at radius 3 is 2.16 bits per heavy atom. The molecule has 2 atom stereocenters. The van der Waals surface area contributed by atoms with E-state index in [2.05, 4.69) is 4.74 Å². The number of nitrogens with two attached hydrogens (primary N) is 1. The number of ether oxygens (including phenoxy) is 1. The average Bonchev–Trinajstić information content (AvgIpc) is 2.23. The fourth-order valence-corrected chi connectivity index (χ4v) is 2.13. The maximum atomic E-state index is 12.3. The van der Waals surface area contributed by atoms with E-state index in [-0.39, 0.29) is 12.8 Å². The summed E-state index contributed by atoms with van der Waals surface area (Å²) in [5.74, 6) is 0. The zero-order valence-corrected chi connectivity index (χ0v) is 9.89. The number of rotatable bonds is 3. The molecule has 0 saturated heterocycles. The predicted octanol–water partition coefficient (Wildman–Crippen LogP) is 2.13. The van der Waals surface area contributed by atoms with Crippen LogP contribution in [-0.2, 0) is 4.74 Å². The first-order valence-corrected chi connectivity index (χ1v) is 5.66. The first-order chi connectivity index (χ1) is 8.48. The van der Waals surface area contributed by atoms with Gasteiger partial charge in [-0.3, -0.25) is 0 Å². The SMILES string of the molecule is NC1(CO)CCCC(OC(C(F)(F)F)C(F)(F)F)C1. The topological polar surface area (TPSA) is 55.5 Å². The Kier molecular flexibility index (Phi) is 4.74. The van der Waals surface area contributed by atoms with Gasteiger partial charge in [0.25, 0.3) is 0 Å². The molecule has 3 nitrogen and oxygen atoms in total. The molecular weight excluding hydrogens is 280 g/mol. The highest BCUT2D eigenvalue weighted by Crippen LogP contribution is 2.39. The fraction of sp³-hybridized carbons (Fsp3) is 1.00. The zero-order valence-electron chi connectivity index (χ0n) is 9.89. The van der Waals surface area contributed by atoms with Gasteiger partial charge in [0.15, 0.2) is 0 Å². The van der Waals surface area contributed by atoms with Crippen molar-refractivity contribution in [1.29, 1.82) is 0 Å². The van der Waals surface area contributed by atoms with Crippen LogP contribution in [0, 0.1) is 0 Å². The van der Waals surface area contributed by atoms with E-state index in [1.807, 2.05) is 0 Å². The lowest BCUT2D eigenvalue weighted by Crippen LogP contribution is -2.53. The number of hydrogen-bond acceptors (Lipinski definition) is 3. The molecule has 0 spiro atoms. The molecule has 0 bridgehead atoms. The molecule has 19 heavy (non-hydrogen) atoms. The third kappa shape index (κ3) is 4.50. The van der Waals surface area contributed by atoms with Crippen molar-refractivity contribution in [1.82, 2.24) is 0 Å². The number of aliphatic hydroxyl groups excluding tert-OH is 1. The third-order valence-corrected chi connectivity index (χ3v) is 3.07. The molecule has 1 fully saturated rings. The maximum Gasteiger partial charge on any atom is 0.423 e. The van der Waals surface area contributed by atoms with E-state index in [0.29, 0.717) is 12.8 Å². The highest BCUT2D eigenvalue weighted by molar-refractivity contribution is 4.92. The molecule has 0 amide bonds. The zero-order chi connectivity index (χ0) is 14.9. The summed E-state index contributed by atoms with van der Waals surface area (Å²) in [5.41, 5.74) is 4.47. The van der Waals surface area contributed by atoms with E-state index >= 15 is 0 Å². The van der Waals surface area contributed by atoms with Crippen LogP contribution in [0.3, 0.4) is 0 Å². The monoisotopic (exact) mass is 295 g/mol. The Hall–Kier alpha value is -0.540. The van der Waals surface area contributed by atoms with Crippen molar-refractivity contribution >= 4 is 0 Å². The highest BCUT2D eigenvalue weighted by Gasteiger charge is 2.59. The van der Waals surface area contributed by atoms with Gasteiger partial charge in [-0.15, -0.1) is 0 Å². The fourth-order valence-electron chi connectivity index (χ4n) is 2.13. The number of aliphatic hydroxyl groups is 1. The largest absolute Gasteiger partial charge is 0.423 e. The van der Waals surface area contributed by atoms with Crippen molar-refractivity contribution in [3.8, 4) is 0 Å². The molecule has 1 rings (SSSR count). The molecule has 114 valence electrons. The molecule has 3 N–H and O–H groups in total. The van der Waals surface area contributed by atoms with Crippen LogP contribution < -0.4 is 5.73 Å². The molecule has 0 aromatic rings. The molecule has 9 heteroatoms. The normalized spacial score (nSPS) is 29.8. The van der Waals surface area contributed by atoms with Gasteiger partial charge in [-0.05, 0) is 25.7 Å². The lowest BCUT2D eigenvalue weighted by atomic mass is 9.81. The minimum Gasteiger partial charge on any atom is -0.394 e. The molecule has 1 aliphatic rings. The second-order valence-corrected chi connectivity index (χ2v) is 4.84. The van der Waals surface area contributed by atoms with E-state index in [4.69, 9.17) is 10.8 Å². The quantitative estimate of drug-likeness (QED) is 0.784. The van der Waals surface area contributed by atoms with Crippen LogP contribution in [0.1, 0.15) is 25.7 Å². The van der Waals surface area contributed by atoms with Crippen LogP contribution in [-0.4, -0.2) is 41.8 Å². The first-order valence-electron chi connectivity index (χ1n) is 5.66. The first kappa shape index (κ1) is 16.5. The summed E-state index contributed by atoms with van der Waals surface area (Å²) in [5, 5.41) is 9.00. The van der Waals surface area contributed by atoms with E-state index in [1.54, 1.807) is 0 Å². The van der Waals surface area contributed by atoms with Gasteiger partial charge in [0.1, 0.15) is 0 Å². The minimum atomic E-state index is -5.52. The average molecular weight is 295 g/mol. The lowest BCUT2D eigenvalue weighted by Gasteiger charge is -2.38. The lowest BCUT2D eigenvalue weighted by molar-refractivity contribution is -0.333. The summed E-state index contributed by atoms with van der Waals surface area (Å²) in [6.07, 6.45) is -15.6. The molecule has 0 radical (unpaired) electrons. The smallest absolute Gasteiger partial charge is 0.394 e. The van der Waals surface area contributed by atoms with Crippen LogP contribution in [0.15, 0.2) is 0 Å². The molecule has 0 heterocycles. The summed E-state index contributed by atoms with van der Waals surface area (Å²) in [4.78, 5) is 0. The van der Waals surface area contributed by atoms with Crippen molar-refractivity contribution in [2.24, 2.45) is 5.73 Å². The van der Waals surface area contributed by atoms with Gasteiger partial charge in [-0.2, -0.15) is 26.3 Å². The van der Waals surface area contributed by atoms with Gasteiger partial charge in [0, 0.05) is 5.54 Å². The Labute approximate surface area is 105 Å². The van der Waals surface area contributed by atoms with Gasteiger partial charge in [-0.25, -0.2) is 0 Å². The van der Waals surface area contributed by atoms with Crippen LogP contribution >= 0.6 is 0 Å². The molecule has 0 aromatic carbocycles. The highest BCUT2D eigenvalue weighted by atomic mass is 19.4. The van der Waals surface area contributed by atoms with Crippen molar-refractivity contribution < 1.29 is 36.2 Å². The summed E-state index contributed by atoms with van der Waals surface area (Å²) >= 11 is 0. The number of hydrogen-bond donors (Lipinski definition) is 2. The number of halogens is 6. The van der Waals surface area contributed by atoms with Crippen molar-refractivity contribution in [3.63, 3.8) is 0 Å². The summed E-state index contributed by atoms with van der Waals surface area (Å²) in [6, 6.07) is 0.